The van der Waals surface area contributed by atoms with Crippen molar-refractivity contribution in [3.63, 3.8) is 0 Å². The Balaban J connectivity index is 2.08. The molecular weight excluding hydrogens is 294 g/mol. The molecule has 1 saturated heterocycles. The van der Waals surface area contributed by atoms with Crippen molar-refractivity contribution in [3.05, 3.63) is 0 Å². The quantitative estimate of drug-likeness (QED) is 0.485. The SMILES string of the molecule is CCCCCCCCCCC(NC)C1CSC(C)C(C)S1. The highest BCUT2D eigenvalue weighted by Gasteiger charge is 2.30. The number of rotatable bonds is 11. The molecule has 1 nitrogen and oxygen atoms in total. The lowest BCUT2D eigenvalue weighted by Gasteiger charge is -2.36. The molecule has 0 saturated carbocycles. The summed E-state index contributed by atoms with van der Waals surface area (Å²) in [5.74, 6) is 1.33. The molecule has 1 heterocycles. The van der Waals surface area contributed by atoms with E-state index in [0.29, 0.717) is 0 Å². The second-order valence-corrected chi connectivity index (χ2v) is 9.61. The molecule has 4 atom stereocenters. The van der Waals surface area contributed by atoms with Gasteiger partial charge in [-0.1, -0.05) is 72.1 Å². The molecule has 126 valence electrons. The molecule has 0 aliphatic carbocycles. The maximum absolute atomic E-state index is 3.59. The second kappa shape index (κ2) is 12.1. The lowest BCUT2D eigenvalue weighted by molar-refractivity contribution is 0.477. The summed E-state index contributed by atoms with van der Waals surface area (Å²) in [7, 11) is 2.16. The number of hydrogen-bond acceptors (Lipinski definition) is 3. The van der Waals surface area contributed by atoms with Crippen molar-refractivity contribution in [3.8, 4) is 0 Å². The van der Waals surface area contributed by atoms with Crippen molar-refractivity contribution in [1.82, 2.24) is 5.32 Å². The summed E-state index contributed by atoms with van der Waals surface area (Å²) >= 11 is 4.39. The van der Waals surface area contributed by atoms with E-state index in [2.05, 4.69) is 56.7 Å². The molecule has 0 spiro atoms. The van der Waals surface area contributed by atoms with Crippen molar-refractivity contribution in [1.29, 1.82) is 0 Å². The largest absolute Gasteiger partial charge is 0.316 e. The van der Waals surface area contributed by atoms with Crippen LogP contribution in [0.5, 0.6) is 0 Å². The Hall–Kier alpha value is 0.660. The number of unbranched alkanes of at least 4 members (excludes halogenated alkanes) is 7. The van der Waals surface area contributed by atoms with Gasteiger partial charge in [0, 0.05) is 27.5 Å². The fourth-order valence-corrected chi connectivity index (χ4v) is 6.24. The van der Waals surface area contributed by atoms with Crippen LogP contribution in [0.4, 0.5) is 0 Å². The van der Waals surface area contributed by atoms with Crippen LogP contribution in [0, 0.1) is 0 Å². The number of thioether (sulfide) groups is 2. The molecule has 1 aliphatic rings. The summed E-state index contributed by atoms with van der Waals surface area (Å²) in [6, 6.07) is 0.720. The second-order valence-electron chi connectivity index (χ2n) is 6.58. The van der Waals surface area contributed by atoms with E-state index in [4.69, 9.17) is 0 Å². The third-order valence-electron chi connectivity index (χ3n) is 4.76. The van der Waals surface area contributed by atoms with E-state index in [0.717, 1.165) is 21.8 Å². The van der Waals surface area contributed by atoms with Crippen LogP contribution in [0.1, 0.15) is 78.6 Å². The summed E-state index contributed by atoms with van der Waals surface area (Å²) in [4.78, 5) is 0. The molecule has 0 aromatic rings. The Bertz CT molecular complexity index is 247. The third kappa shape index (κ3) is 8.18. The van der Waals surface area contributed by atoms with Gasteiger partial charge in [0.2, 0.25) is 0 Å². The molecule has 3 heteroatoms. The molecule has 4 unspecified atom stereocenters. The predicted molar refractivity (Wildman–Crippen MR) is 103 cm³/mol. The van der Waals surface area contributed by atoms with Gasteiger partial charge in [0.05, 0.1) is 0 Å². The van der Waals surface area contributed by atoms with Gasteiger partial charge in [-0.3, -0.25) is 0 Å². The van der Waals surface area contributed by atoms with Crippen molar-refractivity contribution in [2.75, 3.05) is 12.8 Å². The van der Waals surface area contributed by atoms with Gasteiger partial charge in [0.25, 0.3) is 0 Å². The van der Waals surface area contributed by atoms with Gasteiger partial charge >= 0.3 is 0 Å². The normalized spacial score (nSPS) is 27.7. The molecule has 0 aromatic heterocycles. The highest BCUT2D eigenvalue weighted by Crippen LogP contribution is 2.37. The Morgan fingerprint density at radius 1 is 0.952 bits per heavy atom. The molecule has 1 rings (SSSR count). The smallest absolute Gasteiger partial charge is 0.0294 e. The average molecular weight is 332 g/mol. The van der Waals surface area contributed by atoms with Gasteiger partial charge in [-0.2, -0.15) is 23.5 Å². The van der Waals surface area contributed by atoms with E-state index in [-0.39, 0.29) is 0 Å². The first kappa shape index (κ1) is 19.7. The summed E-state index contributed by atoms with van der Waals surface area (Å²) in [5.41, 5.74) is 0. The molecule has 1 fully saturated rings. The fourth-order valence-electron chi connectivity index (χ4n) is 3.03. The fraction of sp³-hybridized carbons (Fsp3) is 1.00. The van der Waals surface area contributed by atoms with Crippen LogP contribution in [-0.4, -0.2) is 34.6 Å². The van der Waals surface area contributed by atoms with Gasteiger partial charge in [0.1, 0.15) is 0 Å². The minimum absolute atomic E-state index is 0.720. The first-order chi connectivity index (χ1) is 10.2. The minimum Gasteiger partial charge on any atom is -0.316 e. The van der Waals surface area contributed by atoms with E-state index in [1.165, 1.54) is 63.5 Å². The molecule has 0 bridgehead atoms. The van der Waals surface area contributed by atoms with Gasteiger partial charge in [0.15, 0.2) is 0 Å². The zero-order chi connectivity index (χ0) is 15.5. The van der Waals surface area contributed by atoms with Crippen LogP contribution in [-0.2, 0) is 0 Å². The van der Waals surface area contributed by atoms with Crippen LogP contribution < -0.4 is 5.32 Å². The average Bonchev–Trinajstić information content (AvgIpc) is 2.49. The van der Waals surface area contributed by atoms with Crippen molar-refractivity contribution < 1.29 is 0 Å². The van der Waals surface area contributed by atoms with E-state index in [9.17, 15) is 0 Å². The summed E-state index contributed by atoms with van der Waals surface area (Å²) in [6.45, 7) is 7.07. The highest BCUT2D eigenvalue weighted by atomic mass is 32.2. The van der Waals surface area contributed by atoms with Crippen LogP contribution in [0.15, 0.2) is 0 Å². The van der Waals surface area contributed by atoms with E-state index in [1.54, 1.807) is 0 Å². The minimum atomic E-state index is 0.720. The van der Waals surface area contributed by atoms with E-state index < -0.39 is 0 Å². The Morgan fingerprint density at radius 2 is 1.57 bits per heavy atom. The molecular formula is C18H37NS2. The zero-order valence-electron chi connectivity index (χ0n) is 14.7. The molecule has 0 radical (unpaired) electrons. The molecule has 1 N–H and O–H groups in total. The maximum atomic E-state index is 3.59. The van der Waals surface area contributed by atoms with Gasteiger partial charge in [-0.05, 0) is 13.5 Å². The number of hydrogen-bond donors (Lipinski definition) is 1. The van der Waals surface area contributed by atoms with Gasteiger partial charge in [-0.25, -0.2) is 0 Å². The van der Waals surface area contributed by atoms with Crippen LogP contribution in [0.25, 0.3) is 0 Å². The van der Waals surface area contributed by atoms with Crippen molar-refractivity contribution >= 4 is 23.5 Å². The molecule has 21 heavy (non-hydrogen) atoms. The first-order valence-corrected chi connectivity index (χ1v) is 11.1. The highest BCUT2D eigenvalue weighted by molar-refractivity contribution is 8.07. The maximum Gasteiger partial charge on any atom is 0.0294 e. The predicted octanol–water partition coefficient (Wildman–Crippen LogP) is 5.73. The molecule has 0 aromatic carbocycles. The standard InChI is InChI=1S/C18H37NS2/c1-5-6-7-8-9-10-11-12-13-17(19-4)18-14-20-15(2)16(3)21-18/h15-19H,5-14H2,1-4H3. The number of nitrogens with one attached hydrogen (secondary N) is 1. The van der Waals surface area contributed by atoms with E-state index in [1.807, 2.05) is 0 Å². The third-order valence-corrected chi connectivity index (χ3v) is 8.31. The Morgan fingerprint density at radius 3 is 2.14 bits per heavy atom. The van der Waals surface area contributed by atoms with Crippen molar-refractivity contribution in [2.24, 2.45) is 0 Å². The summed E-state index contributed by atoms with van der Waals surface area (Å²) < 4.78 is 0. The summed E-state index contributed by atoms with van der Waals surface area (Å²) in [6.07, 6.45) is 12.8. The summed E-state index contributed by atoms with van der Waals surface area (Å²) in [5, 5.41) is 6.04. The monoisotopic (exact) mass is 331 g/mol. The topological polar surface area (TPSA) is 12.0 Å². The first-order valence-electron chi connectivity index (χ1n) is 9.13. The van der Waals surface area contributed by atoms with Crippen LogP contribution in [0.3, 0.4) is 0 Å². The molecule has 1 aliphatic heterocycles. The van der Waals surface area contributed by atoms with Gasteiger partial charge in [-0.15, -0.1) is 0 Å². The Kier molecular flexibility index (Phi) is 11.4. The zero-order valence-corrected chi connectivity index (χ0v) is 16.3. The molecule has 0 amide bonds. The Labute approximate surface area is 142 Å². The van der Waals surface area contributed by atoms with Gasteiger partial charge < -0.3 is 5.32 Å². The lowest BCUT2D eigenvalue weighted by Crippen LogP contribution is -2.41. The van der Waals surface area contributed by atoms with Crippen LogP contribution in [0.2, 0.25) is 0 Å². The van der Waals surface area contributed by atoms with E-state index >= 15 is 0 Å². The van der Waals surface area contributed by atoms with Crippen LogP contribution >= 0.6 is 23.5 Å². The lowest BCUT2D eigenvalue weighted by atomic mass is 10.0. The van der Waals surface area contributed by atoms with Crippen molar-refractivity contribution in [2.45, 2.75) is 100 Å².